The Balaban J connectivity index is 0.000000140. The molecule has 40 heteroatoms. The highest BCUT2D eigenvalue weighted by atomic mass is 16.6. The third kappa shape index (κ3) is 22.4. The van der Waals surface area contributed by atoms with E-state index in [1.807, 2.05) is 144 Å². The normalized spacial score (nSPS) is 16.0. The van der Waals surface area contributed by atoms with Crippen molar-refractivity contribution in [2.45, 2.75) is 182 Å². The lowest BCUT2D eigenvalue weighted by atomic mass is 10.0. The summed E-state index contributed by atoms with van der Waals surface area (Å²) in [7, 11) is 13.7. The highest BCUT2D eigenvalue weighted by molar-refractivity contribution is 6.04. The number of piperidine rings is 4. The zero-order chi connectivity index (χ0) is 104. The second-order valence-corrected chi connectivity index (χ2v) is 38.2. The molecule has 4 saturated heterocycles. The van der Waals surface area contributed by atoms with Crippen LogP contribution in [-0.2, 0) is 56.8 Å². The summed E-state index contributed by atoms with van der Waals surface area (Å²) >= 11 is 0. The summed E-state index contributed by atoms with van der Waals surface area (Å²) in [5, 5.41) is 19.8. The van der Waals surface area contributed by atoms with Gasteiger partial charge in [-0.25, -0.2) is 34.5 Å². The molecule has 4 aliphatic rings. The highest BCUT2D eigenvalue weighted by Gasteiger charge is 2.35. The number of rotatable bonds is 20. The number of fused-ring (bicyclic) bond motifs is 7. The van der Waals surface area contributed by atoms with Crippen molar-refractivity contribution in [1.29, 1.82) is 0 Å². The number of ether oxygens (including phenoxy) is 6. The molecule has 6 amide bonds. The highest BCUT2D eigenvalue weighted by Crippen LogP contribution is 2.41. The fourth-order valence-electron chi connectivity index (χ4n) is 19.6. The van der Waals surface area contributed by atoms with Gasteiger partial charge in [0, 0.05) is 178 Å². The van der Waals surface area contributed by atoms with Crippen LogP contribution in [0.4, 0.5) is 21.0 Å². The van der Waals surface area contributed by atoms with Crippen LogP contribution in [0.25, 0.3) is 112 Å². The number of nitro groups is 1. The third-order valence-corrected chi connectivity index (χ3v) is 26.2. The van der Waals surface area contributed by atoms with E-state index < -0.39 is 28.3 Å². The molecule has 4 aromatic carbocycles. The lowest BCUT2D eigenvalue weighted by Crippen LogP contribution is -2.50. The first-order chi connectivity index (χ1) is 69.5. The minimum Gasteiger partial charge on any atom is -0.494 e. The van der Waals surface area contributed by atoms with Crippen molar-refractivity contribution in [2.75, 3.05) is 93.2 Å². The van der Waals surface area contributed by atoms with E-state index in [0.717, 1.165) is 185 Å². The van der Waals surface area contributed by atoms with E-state index in [1.54, 1.807) is 89.8 Å². The van der Waals surface area contributed by atoms with Crippen LogP contribution in [0.5, 0.6) is 23.0 Å². The molecule has 40 nitrogen and oxygen atoms in total. The summed E-state index contributed by atoms with van der Waals surface area (Å²) in [4.78, 5) is 142. The van der Waals surface area contributed by atoms with E-state index in [4.69, 9.17) is 54.8 Å². The number of hydrogen-bond acceptors (Lipinski definition) is 26. The summed E-state index contributed by atoms with van der Waals surface area (Å²) in [6.45, 7) is 26.6. The molecule has 15 aromatic rings. The maximum atomic E-state index is 13.6. The number of alkyl carbamates (subject to hydrolysis) is 2. The lowest BCUT2D eigenvalue weighted by Gasteiger charge is -2.33. The minimum atomic E-state index is -0.612. The number of nitro benzene ring substituents is 1. The topological polar surface area (TPSA) is 457 Å². The van der Waals surface area contributed by atoms with Crippen molar-refractivity contribution in [3.05, 3.63) is 178 Å². The first-order valence-electron chi connectivity index (χ1n) is 49.0. The van der Waals surface area contributed by atoms with Gasteiger partial charge in [-0.2, -0.15) is 0 Å². The molecule has 11 aromatic heterocycles. The predicted octanol–water partition coefficient (Wildman–Crippen LogP) is 15.1. The molecule has 764 valence electrons. The Labute approximate surface area is 839 Å². The van der Waals surface area contributed by atoms with Crippen molar-refractivity contribution in [1.82, 2.24) is 102 Å². The number of anilines is 1. The smallest absolute Gasteiger partial charge is 0.407 e. The number of imidazole rings is 4. The van der Waals surface area contributed by atoms with Gasteiger partial charge in [0.1, 0.15) is 50.8 Å². The van der Waals surface area contributed by atoms with Crippen LogP contribution in [0.3, 0.4) is 0 Å². The Morgan fingerprint density at radius 2 is 0.759 bits per heavy atom. The Kier molecular flexibility index (Phi) is 31.8. The number of carbonyl (C=O) groups is 7. The molecular formula is C105H129N25O15. The number of methoxy groups -OCH3 is 4. The lowest BCUT2D eigenvalue weighted by molar-refractivity contribution is -0.384. The second kappa shape index (κ2) is 44.5. The zero-order valence-electron chi connectivity index (χ0n) is 85.5. The maximum Gasteiger partial charge on any atom is 0.407 e. The molecule has 0 bridgehead atoms. The quantitative estimate of drug-likeness (QED) is 0.0269. The fraction of sp³-hybridized carbons (Fsp3) is 0.419. The number of nitrogens with zero attached hydrogens (tertiary/aromatic N) is 20. The maximum absolute atomic E-state index is 13.6. The first kappa shape index (κ1) is 104. The second-order valence-electron chi connectivity index (χ2n) is 38.2. The zero-order valence-corrected chi connectivity index (χ0v) is 85.5. The number of amides is 6. The van der Waals surface area contributed by atoms with Gasteiger partial charge >= 0.3 is 12.2 Å². The standard InChI is InChI=1S/C29H36N6O4.2C24H28N6O2.C19H28N4O6.C9H9N3O/c1-7-35-22-11-8-12-30-20(22)16-23(35)26-32-21-14-18(15-24(38-6)25(21)33(26)5)27(36)34-13-9-10-19(17-34)31-28(37)39-29(2,3)4;2*1-4-30-19-8-5-9-26-17(19)13-20(30)23-27-18-11-15(12-21(32-3)22(18)28(23)2)24(31)29-10-6-7-16(25)14-29;1-19(2,3)29-18(25)21-13-7-6-8-22(11-13)17(24)12-9-14(23(26)27)16(20-4)15(10-12)28-5;1-2-12-7-4-3-5-10-9(7)11-8(12)6-13/h8,11-12,14-16,19H,7,9-10,13,17H2,1-6H3,(H,31,37);2*5,8-9,11-13,16H,4,6-7,10,14,25H2,1-3H3;9-10,13,20H,6-8,11H2,1-5H3,(H,21,25);3-6H,2H2,1H3/t19-;2*16-;13-;/m1111./s1. The fourth-order valence-corrected chi connectivity index (χ4v) is 19.6. The molecular weight excluding hydrogens is 1850 g/mol. The van der Waals surface area contributed by atoms with Gasteiger partial charge < -0.3 is 107 Å². The summed E-state index contributed by atoms with van der Waals surface area (Å²) in [5.74, 6) is 4.35. The Morgan fingerprint density at radius 1 is 0.434 bits per heavy atom. The number of carbonyl (C=O) groups excluding carboxylic acids is 7. The Hall–Kier alpha value is -15.6. The molecule has 0 radical (unpaired) electrons. The molecule has 0 aliphatic carbocycles. The van der Waals surface area contributed by atoms with Crippen LogP contribution < -0.4 is 46.4 Å². The van der Waals surface area contributed by atoms with Crippen LogP contribution in [-0.4, -0.2) is 262 Å². The van der Waals surface area contributed by atoms with Gasteiger partial charge in [-0.15, -0.1) is 0 Å². The molecule has 4 aliphatic heterocycles. The minimum absolute atomic E-state index is 0.0283. The number of benzene rings is 4. The van der Waals surface area contributed by atoms with E-state index >= 15 is 0 Å². The van der Waals surface area contributed by atoms with Crippen molar-refractivity contribution in [3.8, 4) is 57.6 Å². The average molecular weight is 1980 g/mol. The van der Waals surface area contributed by atoms with Crippen LogP contribution in [0, 0.1) is 10.1 Å². The number of nitrogens with one attached hydrogen (secondary N) is 3. The van der Waals surface area contributed by atoms with E-state index in [-0.39, 0.29) is 70.5 Å². The van der Waals surface area contributed by atoms with Gasteiger partial charge in [-0.05, 0) is 230 Å². The van der Waals surface area contributed by atoms with Crippen LogP contribution in [0.1, 0.15) is 173 Å². The van der Waals surface area contributed by atoms with Gasteiger partial charge in [0.15, 0.2) is 40.9 Å². The van der Waals surface area contributed by atoms with Crippen LogP contribution >= 0.6 is 0 Å². The van der Waals surface area contributed by atoms with E-state index in [1.165, 1.54) is 19.2 Å². The van der Waals surface area contributed by atoms with Crippen molar-refractivity contribution < 1.29 is 66.9 Å². The van der Waals surface area contributed by atoms with Gasteiger partial charge in [-0.3, -0.25) is 49.0 Å². The summed E-state index contributed by atoms with van der Waals surface area (Å²) in [5.41, 5.74) is 27.8. The summed E-state index contributed by atoms with van der Waals surface area (Å²) in [6, 6.07) is 35.2. The number of aryl methyl sites for hydroxylation is 7. The van der Waals surface area contributed by atoms with Crippen molar-refractivity contribution in [3.63, 3.8) is 0 Å². The van der Waals surface area contributed by atoms with Crippen LogP contribution in [0.15, 0.2) is 140 Å². The van der Waals surface area contributed by atoms with Crippen LogP contribution in [0.2, 0.25) is 0 Å². The van der Waals surface area contributed by atoms with Gasteiger partial charge in [0.2, 0.25) is 0 Å². The Bertz CT molecular complexity index is 7150. The average Bonchev–Trinajstić information content (AvgIpc) is 1.60. The van der Waals surface area contributed by atoms with E-state index in [9.17, 15) is 43.7 Å². The third-order valence-electron chi connectivity index (χ3n) is 26.2. The molecule has 19 rings (SSSR count). The van der Waals surface area contributed by atoms with Crippen molar-refractivity contribution in [2.24, 2.45) is 32.6 Å². The number of likely N-dealkylation sites (tertiary alicyclic amines) is 4. The predicted molar refractivity (Wildman–Crippen MR) is 556 cm³/mol. The first-order valence-corrected chi connectivity index (χ1v) is 49.0. The van der Waals surface area contributed by atoms with Gasteiger partial charge in [0.25, 0.3) is 29.3 Å². The number of aromatic nitrogens is 15. The molecule has 0 unspecified atom stereocenters. The molecule has 4 fully saturated rings. The van der Waals surface area contributed by atoms with E-state index in [2.05, 4.69) is 106 Å². The molecule has 7 N–H and O–H groups in total. The number of pyridine rings is 4. The van der Waals surface area contributed by atoms with Gasteiger partial charge in [0.05, 0.1) is 111 Å². The Morgan fingerprint density at radius 3 is 1.08 bits per heavy atom. The number of nitrogens with two attached hydrogens (primary N) is 2. The van der Waals surface area contributed by atoms with Gasteiger partial charge in [-0.1, -0.05) is 0 Å². The SMILES string of the molecule is CCn1c(-c2nc3cc(C(=O)N4CCC[C@@H](N)C4)cc(OC)c3n2C)cc2ncccc21.CCn1c(-c2nc3cc(C(=O)N4CCC[C@@H](N)C4)cc(OC)c3n2C)cc2ncccc21.CCn1c(-c2nc3cc(C(=O)N4CCC[C@@H](NC(=O)OC(C)(C)C)C4)cc(OC)c3n2C)cc2ncccc21.CCn1c(C=O)nc2ncccc21.CNc1c(OC)cc(C(=O)N2CCC[C@@H](NC(=O)OC(C)(C)C)C2)cc1[N+](=O)[O-]. The monoisotopic (exact) mass is 1980 g/mol. The summed E-state index contributed by atoms with van der Waals surface area (Å²) in [6.07, 6.45) is 13.6. The summed E-state index contributed by atoms with van der Waals surface area (Å²) < 4.78 is 47.5. The molecule has 15 heterocycles. The number of hydrogen-bond donors (Lipinski definition) is 5. The molecule has 0 spiro atoms. The molecule has 0 saturated carbocycles. The molecule has 145 heavy (non-hydrogen) atoms. The van der Waals surface area contributed by atoms with Crippen molar-refractivity contribution >= 4 is 131 Å². The van der Waals surface area contributed by atoms with E-state index in [0.29, 0.717) is 103 Å². The largest absolute Gasteiger partial charge is 0.494 e. The number of aldehydes is 1. The molecule has 4 atom stereocenters.